The SMILES string of the molecule is O=C1CCN(NC(=O)OCc2ccccc2)C1. The van der Waals surface area contributed by atoms with E-state index in [-0.39, 0.29) is 18.9 Å². The van der Waals surface area contributed by atoms with E-state index in [1.165, 1.54) is 0 Å². The zero-order chi connectivity index (χ0) is 12.1. The van der Waals surface area contributed by atoms with Crippen LogP contribution in [0.4, 0.5) is 4.79 Å². The maximum atomic E-state index is 11.4. The monoisotopic (exact) mass is 234 g/mol. The number of hydrazine groups is 1. The lowest BCUT2D eigenvalue weighted by atomic mass is 10.2. The first-order valence-electron chi connectivity index (χ1n) is 5.48. The maximum Gasteiger partial charge on any atom is 0.422 e. The number of benzene rings is 1. The van der Waals surface area contributed by atoms with Crippen molar-refractivity contribution in [2.45, 2.75) is 13.0 Å². The molecule has 1 aliphatic rings. The zero-order valence-electron chi connectivity index (χ0n) is 9.39. The van der Waals surface area contributed by atoms with Crippen LogP contribution in [0.25, 0.3) is 0 Å². The second kappa shape index (κ2) is 5.45. The number of nitrogens with one attached hydrogen (secondary N) is 1. The quantitative estimate of drug-likeness (QED) is 0.851. The summed E-state index contributed by atoms with van der Waals surface area (Å²) in [6.07, 6.45) is -0.0394. The van der Waals surface area contributed by atoms with E-state index >= 15 is 0 Å². The fraction of sp³-hybridized carbons (Fsp3) is 0.333. The van der Waals surface area contributed by atoms with Crippen LogP contribution in [0.5, 0.6) is 0 Å². The molecule has 1 N–H and O–H groups in total. The molecule has 0 saturated carbocycles. The van der Waals surface area contributed by atoms with Crippen molar-refractivity contribution in [1.82, 2.24) is 10.4 Å². The minimum absolute atomic E-state index is 0.133. The molecule has 2 rings (SSSR count). The molecule has 0 radical (unpaired) electrons. The van der Waals surface area contributed by atoms with Crippen molar-refractivity contribution in [3.63, 3.8) is 0 Å². The number of ketones is 1. The summed E-state index contributed by atoms with van der Waals surface area (Å²) in [5, 5.41) is 1.57. The first-order valence-corrected chi connectivity index (χ1v) is 5.48. The molecule has 0 unspecified atom stereocenters. The zero-order valence-corrected chi connectivity index (χ0v) is 9.39. The Morgan fingerprint density at radius 3 is 2.76 bits per heavy atom. The van der Waals surface area contributed by atoms with Gasteiger partial charge >= 0.3 is 6.09 Å². The van der Waals surface area contributed by atoms with Crippen LogP contribution in [0.3, 0.4) is 0 Å². The molecule has 90 valence electrons. The summed E-state index contributed by atoms with van der Waals surface area (Å²) in [6, 6.07) is 9.43. The van der Waals surface area contributed by atoms with Crippen LogP contribution in [0.1, 0.15) is 12.0 Å². The van der Waals surface area contributed by atoms with Gasteiger partial charge in [-0.25, -0.2) is 9.80 Å². The smallest absolute Gasteiger partial charge is 0.422 e. The summed E-state index contributed by atoms with van der Waals surface area (Å²) in [5.74, 6) is 0.133. The largest absolute Gasteiger partial charge is 0.444 e. The summed E-state index contributed by atoms with van der Waals surface area (Å²) in [5.41, 5.74) is 3.46. The number of carbonyl (C=O) groups excluding carboxylic acids is 2. The summed E-state index contributed by atoms with van der Waals surface area (Å²) < 4.78 is 5.02. The fourth-order valence-corrected chi connectivity index (χ4v) is 1.61. The first-order chi connectivity index (χ1) is 8.24. The number of ether oxygens (including phenoxy) is 1. The Balaban J connectivity index is 1.73. The fourth-order valence-electron chi connectivity index (χ4n) is 1.61. The van der Waals surface area contributed by atoms with Crippen LogP contribution in [0.15, 0.2) is 30.3 Å². The van der Waals surface area contributed by atoms with Crippen molar-refractivity contribution in [3.05, 3.63) is 35.9 Å². The Labute approximate surface area is 99.3 Å². The molecule has 5 nitrogen and oxygen atoms in total. The number of rotatable bonds is 3. The van der Waals surface area contributed by atoms with Crippen LogP contribution in [0.2, 0.25) is 0 Å². The second-order valence-electron chi connectivity index (χ2n) is 3.88. The number of hydrogen-bond donors (Lipinski definition) is 1. The molecule has 1 fully saturated rings. The number of amides is 1. The molecule has 0 bridgehead atoms. The molecule has 0 spiro atoms. The first kappa shape index (κ1) is 11.6. The Hall–Kier alpha value is -1.88. The average Bonchev–Trinajstić information content (AvgIpc) is 2.73. The molecule has 1 aromatic rings. The normalized spacial score (nSPS) is 15.9. The Kier molecular flexibility index (Phi) is 3.72. The second-order valence-corrected chi connectivity index (χ2v) is 3.88. The van der Waals surface area contributed by atoms with Crippen LogP contribution in [0, 0.1) is 0 Å². The highest BCUT2D eigenvalue weighted by Gasteiger charge is 2.21. The van der Waals surface area contributed by atoms with Gasteiger partial charge in [0, 0.05) is 13.0 Å². The van der Waals surface area contributed by atoms with E-state index in [4.69, 9.17) is 4.74 Å². The van der Waals surface area contributed by atoms with Gasteiger partial charge in [0.25, 0.3) is 0 Å². The minimum atomic E-state index is -0.524. The summed E-state index contributed by atoms with van der Waals surface area (Å²) in [4.78, 5) is 22.4. The molecule has 0 aliphatic carbocycles. The average molecular weight is 234 g/mol. The Bertz CT molecular complexity index is 405. The maximum absolute atomic E-state index is 11.4. The van der Waals surface area contributed by atoms with Crippen molar-refractivity contribution in [2.75, 3.05) is 13.1 Å². The molecule has 1 amide bonds. The van der Waals surface area contributed by atoms with Crippen LogP contribution >= 0.6 is 0 Å². The van der Waals surface area contributed by atoms with Gasteiger partial charge in [0.1, 0.15) is 12.4 Å². The summed E-state index contributed by atoms with van der Waals surface area (Å²) >= 11 is 0. The summed E-state index contributed by atoms with van der Waals surface area (Å²) in [7, 11) is 0. The van der Waals surface area contributed by atoms with E-state index in [2.05, 4.69) is 5.43 Å². The molecular weight excluding hydrogens is 220 g/mol. The molecule has 5 heteroatoms. The van der Waals surface area contributed by atoms with Gasteiger partial charge < -0.3 is 4.74 Å². The van der Waals surface area contributed by atoms with Gasteiger partial charge in [0.15, 0.2) is 0 Å². The molecule has 1 aromatic carbocycles. The third-order valence-electron chi connectivity index (χ3n) is 2.49. The lowest BCUT2D eigenvalue weighted by Crippen LogP contribution is -2.40. The van der Waals surface area contributed by atoms with Gasteiger partial charge in [-0.05, 0) is 5.56 Å². The Morgan fingerprint density at radius 2 is 2.12 bits per heavy atom. The van der Waals surface area contributed by atoms with Crippen molar-refractivity contribution in [3.8, 4) is 0 Å². The molecule has 17 heavy (non-hydrogen) atoms. The van der Waals surface area contributed by atoms with Gasteiger partial charge in [0.2, 0.25) is 0 Å². The topological polar surface area (TPSA) is 58.6 Å². The predicted octanol–water partition coefficient (Wildman–Crippen LogP) is 1.10. The van der Waals surface area contributed by atoms with E-state index in [1.807, 2.05) is 30.3 Å². The van der Waals surface area contributed by atoms with Crippen molar-refractivity contribution < 1.29 is 14.3 Å². The van der Waals surface area contributed by atoms with E-state index in [0.717, 1.165) is 5.56 Å². The summed E-state index contributed by atoms with van der Waals surface area (Å²) in [6.45, 7) is 1.05. The number of carbonyl (C=O) groups is 2. The van der Waals surface area contributed by atoms with Crippen molar-refractivity contribution in [1.29, 1.82) is 0 Å². The van der Waals surface area contributed by atoms with E-state index in [1.54, 1.807) is 5.01 Å². The van der Waals surface area contributed by atoms with E-state index in [9.17, 15) is 9.59 Å². The predicted molar refractivity (Wildman–Crippen MR) is 61.0 cm³/mol. The van der Waals surface area contributed by atoms with Gasteiger partial charge in [-0.3, -0.25) is 10.2 Å². The molecule has 1 saturated heterocycles. The van der Waals surface area contributed by atoms with Crippen molar-refractivity contribution >= 4 is 11.9 Å². The highest BCUT2D eigenvalue weighted by Crippen LogP contribution is 2.03. The third-order valence-corrected chi connectivity index (χ3v) is 2.49. The van der Waals surface area contributed by atoms with Gasteiger partial charge in [-0.15, -0.1) is 0 Å². The van der Waals surface area contributed by atoms with Gasteiger partial charge in [-0.1, -0.05) is 30.3 Å². The number of Topliss-reactive ketones (excluding diaryl/α,β-unsaturated/α-hetero) is 1. The van der Waals surface area contributed by atoms with Gasteiger partial charge in [0.05, 0.1) is 6.54 Å². The lowest BCUT2D eigenvalue weighted by molar-refractivity contribution is -0.117. The Morgan fingerprint density at radius 1 is 1.35 bits per heavy atom. The molecule has 1 heterocycles. The number of hydrogen-bond acceptors (Lipinski definition) is 4. The lowest BCUT2D eigenvalue weighted by Gasteiger charge is -2.15. The molecule has 1 aliphatic heterocycles. The number of nitrogens with zero attached hydrogens (tertiary/aromatic N) is 1. The standard InChI is InChI=1S/C12H14N2O3/c15-11-6-7-14(8-11)13-12(16)17-9-10-4-2-1-3-5-10/h1-5H,6-9H2,(H,13,16). The molecule has 0 aromatic heterocycles. The minimum Gasteiger partial charge on any atom is -0.444 e. The van der Waals surface area contributed by atoms with E-state index < -0.39 is 6.09 Å². The highest BCUT2D eigenvalue weighted by molar-refractivity contribution is 5.83. The van der Waals surface area contributed by atoms with Crippen LogP contribution in [-0.4, -0.2) is 30.0 Å². The van der Waals surface area contributed by atoms with Gasteiger partial charge in [-0.2, -0.15) is 0 Å². The van der Waals surface area contributed by atoms with Crippen LogP contribution in [-0.2, 0) is 16.1 Å². The van der Waals surface area contributed by atoms with Crippen LogP contribution < -0.4 is 5.43 Å². The van der Waals surface area contributed by atoms with E-state index in [0.29, 0.717) is 13.0 Å². The highest BCUT2D eigenvalue weighted by atomic mass is 16.6. The van der Waals surface area contributed by atoms with Crippen molar-refractivity contribution in [2.24, 2.45) is 0 Å². The molecular formula is C12H14N2O3. The third kappa shape index (κ3) is 3.57. The molecule has 0 atom stereocenters.